The molecule has 0 saturated carbocycles. The predicted octanol–water partition coefficient (Wildman–Crippen LogP) is 4.28. The van der Waals surface area contributed by atoms with Crippen molar-refractivity contribution in [3.8, 4) is 0 Å². The molecule has 4 heterocycles. The standard InChI is InChI=1S/C25H21FN6O3S/c26-16-3-1-2-15(12-16)13-27-23(33)21-20-19-22(28-14-29-24(19)36-21)32(25(34)30-20)18-6-4-17(5-7-18)31-8-10-35-11-9-31/h1-7,12,14H,8-11,13H2,(H,27,33)(H,30,34). The van der Waals surface area contributed by atoms with Gasteiger partial charge in [-0.25, -0.2) is 24.1 Å². The van der Waals surface area contributed by atoms with E-state index >= 15 is 0 Å². The summed E-state index contributed by atoms with van der Waals surface area (Å²) >= 11 is 1.17. The molecule has 1 fully saturated rings. The number of carbonyl (C=O) groups is 2. The summed E-state index contributed by atoms with van der Waals surface area (Å²) in [6.07, 6.45) is 1.39. The first-order valence-electron chi connectivity index (χ1n) is 11.4. The molecule has 2 N–H and O–H groups in total. The van der Waals surface area contributed by atoms with Crippen LogP contribution < -0.4 is 20.4 Å². The Morgan fingerprint density at radius 1 is 1.11 bits per heavy atom. The van der Waals surface area contributed by atoms with Crippen LogP contribution in [0.5, 0.6) is 0 Å². The number of rotatable bonds is 5. The van der Waals surface area contributed by atoms with Crippen molar-refractivity contribution in [2.45, 2.75) is 6.54 Å². The van der Waals surface area contributed by atoms with Crippen LogP contribution in [0.3, 0.4) is 0 Å². The molecule has 0 unspecified atom stereocenters. The smallest absolute Gasteiger partial charge is 0.332 e. The minimum Gasteiger partial charge on any atom is -0.378 e. The van der Waals surface area contributed by atoms with Crippen molar-refractivity contribution in [1.82, 2.24) is 15.3 Å². The van der Waals surface area contributed by atoms with Crippen LogP contribution in [-0.4, -0.2) is 48.2 Å². The number of morpholine rings is 1. The van der Waals surface area contributed by atoms with Gasteiger partial charge in [0.25, 0.3) is 5.91 Å². The van der Waals surface area contributed by atoms with Crippen molar-refractivity contribution in [2.75, 3.05) is 41.4 Å². The van der Waals surface area contributed by atoms with E-state index in [1.807, 2.05) is 24.3 Å². The second-order valence-corrected chi connectivity index (χ2v) is 9.38. The second kappa shape index (κ2) is 9.17. The van der Waals surface area contributed by atoms with E-state index < -0.39 is 6.03 Å². The van der Waals surface area contributed by atoms with Crippen LogP contribution in [0.15, 0.2) is 54.9 Å². The summed E-state index contributed by atoms with van der Waals surface area (Å²) in [5.74, 6) is -0.339. The van der Waals surface area contributed by atoms with E-state index in [9.17, 15) is 14.0 Å². The number of ether oxygens (including phenoxy) is 1. The Kier molecular flexibility index (Phi) is 5.70. The number of hydrogen-bond donors (Lipinski definition) is 2. The van der Waals surface area contributed by atoms with Gasteiger partial charge in [0, 0.05) is 25.3 Å². The minimum absolute atomic E-state index is 0.151. The molecule has 0 radical (unpaired) electrons. The zero-order valence-corrected chi connectivity index (χ0v) is 19.8. The van der Waals surface area contributed by atoms with Gasteiger partial charge in [0.15, 0.2) is 5.82 Å². The molecular weight excluding hydrogens is 483 g/mol. The van der Waals surface area contributed by atoms with E-state index in [4.69, 9.17) is 4.74 Å². The SMILES string of the molecule is O=C(NCc1cccc(F)c1)c1sc2ncnc3c2c1NC(=O)N3c1ccc(N2CCOCC2)cc1. The number of thiophene rings is 1. The number of hydrogen-bond acceptors (Lipinski definition) is 7. The lowest BCUT2D eigenvalue weighted by Gasteiger charge is -2.30. The zero-order valence-electron chi connectivity index (χ0n) is 19.0. The number of amides is 3. The first kappa shape index (κ1) is 22.4. The molecule has 0 spiro atoms. The summed E-state index contributed by atoms with van der Waals surface area (Å²) in [6.45, 7) is 3.16. The summed E-state index contributed by atoms with van der Waals surface area (Å²) in [7, 11) is 0. The fourth-order valence-electron chi connectivity index (χ4n) is 4.41. The topological polar surface area (TPSA) is 99.7 Å². The molecule has 4 aromatic rings. The number of urea groups is 1. The van der Waals surface area contributed by atoms with Crippen LogP contribution in [0.4, 0.5) is 32.1 Å². The zero-order chi connectivity index (χ0) is 24.6. The number of anilines is 4. The number of aromatic nitrogens is 2. The third-order valence-corrected chi connectivity index (χ3v) is 7.24. The van der Waals surface area contributed by atoms with Crippen molar-refractivity contribution in [2.24, 2.45) is 0 Å². The van der Waals surface area contributed by atoms with E-state index in [2.05, 4.69) is 25.5 Å². The van der Waals surface area contributed by atoms with Gasteiger partial charge >= 0.3 is 6.03 Å². The van der Waals surface area contributed by atoms with Gasteiger partial charge in [-0.15, -0.1) is 11.3 Å². The first-order valence-corrected chi connectivity index (χ1v) is 12.2. The Balaban J connectivity index is 1.30. The Labute approximate surface area is 209 Å². The third-order valence-electron chi connectivity index (χ3n) is 6.15. The highest BCUT2D eigenvalue weighted by molar-refractivity contribution is 7.21. The normalized spacial score (nSPS) is 15.2. The van der Waals surface area contributed by atoms with Gasteiger partial charge in [0.1, 0.15) is 21.9 Å². The van der Waals surface area contributed by atoms with Crippen molar-refractivity contribution in [1.29, 1.82) is 0 Å². The maximum atomic E-state index is 13.5. The largest absolute Gasteiger partial charge is 0.378 e. The molecule has 182 valence electrons. The highest BCUT2D eigenvalue weighted by Gasteiger charge is 2.33. The average molecular weight is 505 g/mol. The highest BCUT2D eigenvalue weighted by Crippen LogP contribution is 2.44. The fraction of sp³-hybridized carbons (Fsp3) is 0.200. The molecule has 3 amide bonds. The molecule has 0 bridgehead atoms. The Morgan fingerprint density at radius 3 is 2.67 bits per heavy atom. The molecule has 11 heteroatoms. The quantitative estimate of drug-likeness (QED) is 0.421. The predicted molar refractivity (Wildman–Crippen MR) is 136 cm³/mol. The Bertz CT molecular complexity index is 1470. The number of nitrogens with zero attached hydrogens (tertiary/aromatic N) is 4. The summed E-state index contributed by atoms with van der Waals surface area (Å²) < 4.78 is 18.9. The van der Waals surface area contributed by atoms with Gasteiger partial charge in [0.05, 0.1) is 30.0 Å². The third kappa shape index (κ3) is 4.01. The lowest BCUT2D eigenvalue weighted by Crippen LogP contribution is -2.36. The summed E-state index contributed by atoms with van der Waals surface area (Å²) in [6, 6.07) is 13.3. The van der Waals surface area contributed by atoms with Gasteiger partial charge in [-0.2, -0.15) is 0 Å². The molecule has 9 nitrogen and oxygen atoms in total. The van der Waals surface area contributed by atoms with E-state index in [1.54, 1.807) is 12.1 Å². The second-order valence-electron chi connectivity index (χ2n) is 8.38. The van der Waals surface area contributed by atoms with Gasteiger partial charge in [-0.3, -0.25) is 4.79 Å². The van der Waals surface area contributed by atoms with Crippen LogP contribution in [0.2, 0.25) is 0 Å². The van der Waals surface area contributed by atoms with Crippen LogP contribution in [0, 0.1) is 5.82 Å². The molecule has 2 aliphatic heterocycles. The van der Waals surface area contributed by atoms with Crippen molar-refractivity contribution in [3.63, 3.8) is 0 Å². The van der Waals surface area contributed by atoms with Crippen LogP contribution in [0.1, 0.15) is 15.2 Å². The van der Waals surface area contributed by atoms with E-state index in [0.717, 1.165) is 18.8 Å². The Morgan fingerprint density at radius 2 is 1.89 bits per heavy atom. The van der Waals surface area contributed by atoms with Gasteiger partial charge in [-0.05, 0) is 42.0 Å². The van der Waals surface area contributed by atoms with Crippen LogP contribution in [-0.2, 0) is 11.3 Å². The molecule has 1 saturated heterocycles. The molecule has 2 aromatic heterocycles. The number of carbonyl (C=O) groups excluding carboxylic acids is 2. The summed E-state index contributed by atoms with van der Waals surface area (Å²) in [5.41, 5.74) is 2.72. The molecule has 36 heavy (non-hydrogen) atoms. The maximum Gasteiger partial charge on any atom is 0.332 e. The highest BCUT2D eigenvalue weighted by atomic mass is 32.1. The lowest BCUT2D eigenvalue weighted by atomic mass is 10.1. The lowest BCUT2D eigenvalue weighted by molar-refractivity contribution is 0.0955. The Hall–Kier alpha value is -4.09. The van der Waals surface area contributed by atoms with Gasteiger partial charge < -0.3 is 20.3 Å². The molecule has 0 atom stereocenters. The minimum atomic E-state index is -0.417. The first-order chi connectivity index (χ1) is 17.6. The van der Waals surface area contributed by atoms with Gasteiger partial charge in [-0.1, -0.05) is 12.1 Å². The van der Waals surface area contributed by atoms with Crippen molar-refractivity contribution in [3.05, 3.63) is 71.1 Å². The van der Waals surface area contributed by atoms with Crippen LogP contribution in [0.25, 0.3) is 10.2 Å². The molecule has 6 rings (SSSR count). The summed E-state index contributed by atoms with van der Waals surface area (Å²) in [5, 5.41) is 6.26. The molecular formula is C25H21FN6O3S. The van der Waals surface area contributed by atoms with Crippen molar-refractivity contribution < 1.29 is 18.7 Å². The number of halogens is 1. The molecule has 0 aliphatic carbocycles. The summed E-state index contributed by atoms with van der Waals surface area (Å²) in [4.78, 5) is 39.6. The molecule has 2 aliphatic rings. The van der Waals surface area contributed by atoms with E-state index in [0.29, 0.717) is 51.1 Å². The maximum absolute atomic E-state index is 13.5. The molecule has 2 aromatic carbocycles. The monoisotopic (exact) mass is 504 g/mol. The van der Waals surface area contributed by atoms with E-state index in [-0.39, 0.29) is 18.3 Å². The fourth-order valence-corrected chi connectivity index (χ4v) is 5.42. The number of benzene rings is 2. The van der Waals surface area contributed by atoms with Crippen LogP contribution >= 0.6 is 11.3 Å². The average Bonchev–Trinajstić information content (AvgIpc) is 3.28. The number of nitrogens with one attached hydrogen (secondary N) is 2. The van der Waals surface area contributed by atoms with Crippen molar-refractivity contribution >= 4 is 56.4 Å². The van der Waals surface area contributed by atoms with E-state index in [1.165, 1.54) is 34.7 Å². The van der Waals surface area contributed by atoms with Gasteiger partial charge in [0.2, 0.25) is 0 Å².